The van der Waals surface area contributed by atoms with Crippen LogP contribution in [0.1, 0.15) is 95.5 Å². The lowest BCUT2D eigenvalue weighted by Gasteiger charge is -2.56. The number of hydrogen-bond acceptors (Lipinski definition) is 3. The molecule has 9 rings (SSSR count). The van der Waals surface area contributed by atoms with Gasteiger partial charge in [-0.05, 0) is 137 Å². The van der Waals surface area contributed by atoms with Crippen molar-refractivity contribution < 1.29 is 9.59 Å². The first-order valence-corrected chi connectivity index (χ1v) is 14.4. The van der Waals surface area contributed by atoms with Crippen molar-refractivity contribution >= 4 is 11.6 Å². The summed E-state index contributed by atoms with van der Waals surface area (Å²) in [6.07, 6.45) is 20.9. The molecule has 0 aromatic carbocycles. The SMILES string of the molecule is O=C(CC(CC(=O)C12CC3CC(CC(C3)C1)C2)Cc1cccnc1)C12CC3CC(CC(C3)C1)C2. The molecule has 3 heteroatoms. The molecule has 1 heterocycles. The van der Waals surface area contributed by atoms with Crippen LogP contribution in [-0.4, -0.2) is 16.6 Å². The lowest BCUT2D eigenvalue weighted by atomic mass is 9.47. The molecule has 1 aromatic heterocycles. The normalized spacial score (nSPS) is 44.4. The number of pyridine rings is 1. The largest absolute Gasteiger partial charge is 0.299 e. The molecule has 34 heavy (non-hydrogen) atoms. The summed E-state index contributed by atoms with van der Waals surface area (Å²) in [6.45, 7) is 0. The van der Waals surface area contributed by atoms with Crippen LogP contribution in [0.5, 0.6) is 0 Å². The van der Waals surface area contributed by atoms with Crippen molar-refractivity contribution in [2.45, 2.75) is 96.3 Å². The molecular weight excluding hydrogens is 418 g/mol. The summed E-state index contributed by atoms with van der Waals surface area (Å²) in [5, 5.41) is 0. The Bertz CT molecular complexity index is 836. The van der Waals surface area contributed by atoms with E-state index in [9.17, 15) is 9.59 Å². The van der Waals surface area contributed by atoms with Crippen molar-refractivity contribution in [1.82, 2.24) is 4.98 Å². The van der Waals surface area contributed by atoms with Crippen molar-refractivity contribution in [3.8, 4) is 0 Å². The van der Waals surface area contributed by atoms with E-state index in [1.54, 1.807) is 0 Å². The van der Waals surface area contributed by atoms with Gasteiger partial charge in [-0.15, -0.1) is 0 Å². The molecule has 8 saturated carbocycles. The molecule has 0 radical (unpaired) electrons. The third-order valence-corrected chi connectivity index (χ3v) is 11.5. The van der Waals surface area contributed by atoms with E-state index in [1.165, 1.54) is 44.1 Å². The molecule has 8 aliphatic carbocycles. The minimum Gasteiger partial charge on any atom is -0.299 e. The molecule has 3 nitrogen and oxygen atoms in total. The second-order valence-electron chi connectivity index (χ2n) is 14.1. The Morgan fingerprint density at radius 2 is 1.15 bits per heavy atom. The number of ketones is 2. The average molecular weight is 460 g/mol. The van der Waals surface area contributed by atoms with Crippen molar-refractivity contribution in [2.75, 3.05) is 0 Å². The average Bonchev–Trinajstić information content (AvgIpc) is 2.78. The predicted octanol–water partition coefficient (Wildman–Crippen LogP) is 6.59. The maximum Gasteiger partial charge on any atom is 0.139 e. The molecule has 0 unspecified atom stereocenters. The highest BCUT2D eigenvalue weighted by molar-refractivity contribution is 5.88. The zero-order valence-corrected chi connectivity index (χ0v) is 20.7. The number of carbonyl (C=O) groups excluding carboxylic acids is 2. The van der Waals surface area contributed by atoms with Crippen LogP contribution in [0.4, 0.5) is 0 Å². The molecule has 8 fully saturated rings. The van der Waals surface area contributed by atoms with Gasteiger partial charge in [-0.2, -0.15) is 0 Å². The van der Waals surface area contributed by atoms with E-state index >= 15 is 0 Å². The van der Waals surface area contributed by atoms with E-state index in [0.717, 1.165) is 80.5 Å². The van der Waals surface area contributed by atoms with E-state index in [2.05, 4.69) is 11.1 Å². The zero-order chi connectivity index (χ0) is 22.9. The predicted molar refractivity (Wildman–Crippen MR) is 132 cm³/mol. The summed E-state index contributed by atoms with van der Waals surface area (Å²) in [5.41, 5.74) is 1.08. The highest BCUT2D eigenvalue weighted by Gasteiger charge is 2.56. The van der Waals surface area contributed by atoms with E-state index < -0.39 is 0 Å². The summed E-state index contributed by atoms with van der Waals surface area (Å²) in [7, 11) is 0. The van der Waals surface area contributed by atoms with Gasteiger partial charge in [-0.1, -0.05) is 6.07 Å². The highest BCUT2D eigenvalue weighted by atomic mass is 16.1. The van der Waals surface area contributed by atoms with Gasteiger partial charge in [0.1, 0.15) is 11.6 Å². The van der Waals surface area contributed by atoms with Gasteiger partial charge in [-0.25, -0.2) is 0 Å². The maximum absolute atomic E-state index is 14.0. The van der Waals surface area contributed by atoms with Gasteiger partial charge in [0.15, 0.2) is 0 Å². The number of aromatic nitrogens is 1. The smallest absolute Gasteiger partial charge is 0.139 e. The number of Topliss-reactive ketones (excluding diaryl/α,β-unsaturated/α-hetero) is 2. The Kier molecular flexibility index (Phi) is 5.12. The lowest BCUT2D eigenvalue weighted by Crippen LogP contribution is -2.51. The number of rotatable bonds is 8. The maximum atomic E-state index is 14.0. The number of hydrogen-bond donors (Lipinski definition) is 0. The molecular formula is C31H41NO2. The minimum absolute atomic E-state index is 0.0499. The lowest BCUT2D eigenvalue weighted by molar-refractivity contribution is -0.147. The van der Waals surface area contributed by atoms with Gasteiger partial charge in [0, 0.05) is 36.1 Å². The van der Waals surface area contributed by atoms with Crippen molar-refractivity contribution in [2.24, 2.45) is 52.3 Å². The molecule has 0 atom stereocenters. The van der Waals surface area contributed by atoms with Crippen molar-refractivity contribution in [3.05, 3.63) is 30.1 Å². The van der Waals surface area contributed by atoms with Crippen molar-refractivity contribution in [1.29, 1.82) is 0 Å². The minimum atomic E-state index is -0.0499. The Morgan fingerprint density at radius 3 is 1.50 bits per heavy atom. The van der Waals surface area contributed by atoms with Crippen LogP contribution in [0.25, 0.3) is 0 Å². The van der Waals surface area contributed by atoms with Crippen LogP contribution in [0.3, 0.4) is 0 Å². The van der Waals surface area contributed by atoms with Crippen LogP contribution in [-0.2, 0) is 16.0 Å². The second kappa shape index (κ2) is 8.00. The molecule has 8 bridgehead atoms. The van der Waals surface area contributed by atoms with E-state index in [-0.39, 0.29) is 16.7 Å². The fourth-order valence-electron chi connectivity index (χ4n) is 10.9. The fourth-order valence-corrected chi connectivity index (χ4v) is 10.9. The standard InChI is InChI=1S/C31H41NO2/c33-28(30-13-22-5-23(14-30)7-24(6-22)15-30)11-21(4-20-2-1-3-32-19-20)12-29(34)31-16-25-8-26(17-31)10-27(9-25)18-31/h1-3,19,21-27H,4-18H2. The Hall–Kier alpha value is -1.51. The zero-order valence-electron chi connectivity index (χ0n) is 20.7. The van der Waals surface area contributed by atoms with E-state index in [1.807, 2.05) is 18.5 Å². The monoisotopic (exact) mass is 459 g/mol. The molecule has 182 valence electrons. The Morgan fingerprint density at radius 1 is 0.735 bits per heavy atom. The van der Waals surface area contributed by atoms with Gasteiger partial charge < -0.3 is 0 Å². The van der Waals surface area contributed by atoms with E-state index in [0.29, 0.717) is 24.4 Å². The van der Waals surface area contributed by atoms with Gasteiger partial charge >= 0.3 is 0 Å². The van der Waals surface area contributed by atoms with Crippen LogP contribution in [0.2, 0.25) is 0 Å². The van der Waals surface area contributed by atoms with Crippen molar-refractivity contribution in [3.63, 3.8) is 0 Å². The Labute approximate surface area is 204 Å². The molecule has 0 spiro atoms. The summed E-state index contributed by atoms with van der Waals surface area (Å²) in [5.74, 6) is 5.92. The number of carbonyl (C=O) groups is 2. The summed E-state index contributed by atoms with van der Waals surface area (Å²) in [4.78, 5) is 32.3. The number of nitrogens with zero attached hydrogens (tertiary/aromatic N) is 1. The topological polar surface area (TPSA) is 47.0 Å². The first-order valence-electron chi connectivity index (χ1n) is 14.4. The Balaban J connectivity index is 1.11. The molecule has 0 amide bonds. The third-order valence-electron chi connectivity index (χ3n) is 11.5. The fraction of sp³-hybridized carbons (Fsp3) is 0.774. The van der Waals surface area contributed by atoms with Gasteiger partial charge in [0.05, 0.1) is 0 Å². The van der Waals surface area contributed by atoms with E-state index in [4.69, 9.17) is 0 Å². The third kappa shape index (κ3) is 3.71. The van der Waals surface area contributed by atoms with Crippen LogP contribution < -0.4 is 0 Å². The van der Waals surface area contributed by atoms with Crippen LogP contribution >= 0.6 is 0 Å². The van der Waals surface area contributed by atoms with Gasteiger partial charge in [0.2, 0.25) is 0 Å². The first-order chi connectivity index (χ1) is 16.5. The van der Waals surface area contributed by atoms with Crippen LogP contribution in [0, 0.1) is 52.3 Å². The summed E-state index contributed by atoms with van der Waals surface area (Å²) in [6, 6.07) is 4.12. The molecule has 0 saturated heterocycles. The summed E-state index contributed by atoms with van der Waals surface area (Å²) < 4.78 is 0. The van der Waals surface area contributed by atoms with Gasteiger partial charge in [0.25, 0.3) is 0 Å². The molecule has 8 aliphatic rings. The highest BCUT2D eigenvalue weighted by Crippen LogP contribution is 2.62. The van der Waals surface area contributed by atoms with Gasteiger partial charge in [-0.3, -0.25) is 14.6 Å². The quantitative estimate of drug-likeness (QED) is 0.440. The first kappa shape index (κ1) is 21.7. The van der Waals surface area contributed by atoms with Crippen LogP contribution in [0.15, 0.2) is 24.5 Å². The second-order valence-corrected chi connectivity index (χ2v) is 14.1. The summed E-state index contributed by atoms with van der Waals surface area (Å²) >= 11 is 0. The molecule has 1 aromatic rings. The molecule has 0 aliphatic heterocycles. The molecule has 0 N–H and O–H groups in total.